The third kappa shape index (κ3) is 1.59. The van der Waals surface area contributed by atoms with Crippen LogP contribution < -0.4 is 0 Å². The Morgan fingerprint density at radius 1 is 1.33 bits per heavy atom. The van der Waals surface area contributed by atoms with Crippen molar-refractivity contribution in [3.8, 4) is 0 Å². The molecule has 2 aliphatic rings. The highest BCUT2D eigenvalue weighted by atomic mass is 31.2. The van der Waals surface area contributed by atoms with Gasteiger partial charge in [0.25, 0.3) is 0 Å². The van der Waals surface area contributed by atoms with E-state index in [-0.39, 0.29) is 11.7 Å². The molecule has 0 saturated carbocycles. The first kappa shape index (κ1) is 8.74. The summed E-state index contributed by atoms with van der Waals surface area (Å²) in [5.74, 6) is 0.545. The third-order valence-corrected chi connectivity index (χ3v) is 6.10. The molecule has 2 aliphatic heterocycles. The minimum Gasteiger partial charge on any atom is -0.365 e. The number of epoxide rings is 2. The van der Waals surface area contributed by atoms with Crippen LogP contribution in [0.25, 0.3) is 0 Å². The summed E-state index contributed by atoms with van der Waals surface area (Å²) >= 11 is 0. The molecule has 70 valence electrons. The number of rotatable bonds is 4. The van der Waals surface area contributed by atoms with Gasteiger partial charge in [0.05, 0.1) is 13.2 Å². The Labute approximate surface area is 72.8 Å². The van der Waals surface area contributed by atoms with Crippen molar-refractivity contribution in [3.05, 3.63) is 0 Å². The molecule has 0 spiro atoms. The molecular formula is C8H15O3P. The monoisotopic (exact) mass is 190 g/mol. The first-order valence-corrected chi connectivity index (χ1v) is 6.47. The molecule has 0 aromatic heterocycles. The second-order valence-corrected chi connectivity index (χ2v) is 7.23. The Morgan fingerprint density at radius 3 is 2.00 bits per heavy atom. The van der Waals surface area contributed by atoms with Gasteiger partial charge in [0.15, 0.2) is 0 Å². The van der Waals surface area contributed by atoms with Crippen LogP contribution in [0, 0.1) is 5.92 Å². The first-order chi connectivity index (χ1) is 5.63. The summed E-state index contributed by atoms with van der Waals surface area (Å²) in [6.07, 6.45) is 0.780. The summed E-state index contributed by atoms with van der Waals surface area (Å²) in [4.78, 5) is 0. The Hall–Kier alpha value is 0.150. The summed E-state index contributed by atoms with van der Waals surface area (Å²) in [5, 5.41) is 0. The van der Waals surface area contributed by atoms with E-state index in [9.17, 15) is 4.57 Å². The highest BCUT2D eigenvalue weighted by Gasteiger charge is 2.53. The zero-order chi connectivity index (χ0) is 8.77. The molecule has 2 rings (SSSR count). The van der Waals surface area contributed by atoms with Crippen LogP contribution >= 0.6 is 7.14 Å². The van der Waals surface area contributed by atoms with Gasteiger partial charge in [0.2, 0.25) is 0 Å². The van der Waals surface area contributed by atoms with E-state index in [2.05, 4.69) is 13.8 Å². The van der Waals surface area contributed by atoms with Crippen molar-refractivity contribution in [3.63, 3.8) is 0 Å². The molecule has 12 heavy (non-hydrogen) atoms. The minimum absolute atomic E-state index is 0.0346. The molecule has 0 radical (unpaired) electrons. The van der Waals surface area contributed by atoms with E-state index in [0.717, 1.165) is 6.16 Å². The lowest BCUT2D eigenvalue weighted by Gasteiger charge is -2.15. The lowest BCUT2D eigenvalue weighted by Crippen LogP contribution is -2.07. The summed E-state index contributed by atoms with van der Waals surface area (Å²) in [6.45, 7) is 5.56. The SMILES string of the molecule is CC(C)CP(=O)(C1CO1)C1CO1. The molecule has 2 heterocycles. The molecule has 4 heteroatoms. The Morgan fingerprint density at radius 2 is 1.75 bits per heavy atom. The zero-order valence-corrected chi connectivity index (χ0v) is 8.42. The Balaban J connectivity index is 2.04. The third-order valence-electron chi connectivity index (χ3n) is 2.26. The van der Waals surface area contributed by atoms with Crippen LogP contribution in [-0.4, -0.2) is 31.1 Å². The predicted octanol–water partition coefficient (Wildman–Crippen LogP) is 1.72. The van der Waals surface area contributed by atoms with Crippen molar-refractivity contribution in [1.82, 2.24) is 0 Å². The second-order valence-electron chi connectivity index (χ2n) is 4.01. The van der Waals surface area contributed by atoms with Gasteiger partial charge in [0.1, 0.15) is 18.8 Å². The van der Waals surface area contributed by atoms with E-state index in [1.807, 2.05) is 0 Å². The molecule has 0 N–H and O–H groups in total. The van der Waals surface area contributed by atoms with Gasteiger partial charge in [-0.2, -0.15) is 0 Å². The normalized spacial score (nSPS) is 37.9. The van der Waals surface area contributed by atoms with E-state index in [4.69, 9.17) is 9.47 Å². The highest BCUT2D eigenvalue weighted by Crippen LogP contribution is 2.65. The molecule has 2 saturated heterocycles. The van der Waals surface area contributed by atoms with Crippen LogP contribution in [-0.2, 0) is 14.0 Å². The fraction of sp³-hybridized carbons (Fsp3) is 1.00. The quantitative estimate of drug-likeness (QED) is 0.500. The van der Waals surface area contributed by atoms with Gasteiger partial charge in [-0.25, -0.2) is 0 Å². The smallest absolute Gasteiger partial charge is 0.147 e. The van der Waals surface area contributed by atoms with Gasteiger partial charge < -0.3 is 14.0 Å². The summed E-state index contributed by atoms with van der Waals surface area (Å²) < 4.78 is 22.6. The van der Waals surface area contributed by atoms with Crippen LogP contribution in [0.15, 0.2) is 0 Å². The van der Waals surface area contributed by atoms with Gasteiger partial charge >= 0.3 is 0 Å². The van der Waals surface area contributed by atoms with E-state index in [0.29, 0.717) is 19.1 Å². The second kappa shape index (κ2) is 2.83. The molecule has 3 nitrogen and oxygen atoms in total. The molecule has 0 bridgehead atoms. The van der Waals surface area contributed by atoms with Gasteiger partial charge in [-0.15, -0.1) is 0 Å². The van der Waals surface area contributed by atoms with Crippen LogP contribution in [0.2, 0.25) is 0 Å². The molecule has 2 unspecified atom stereocenters. The lowest BCUT2D eigenvalue weighted by atomic mass is 10.3. The summed E-state index contributed by atoms with van der Waals surface area (Å²) in [7, 11) is -2.14. The fourth-order valence-electron chi connectivity index (χ4n) is 1.58. The maximum atomic E-state index is 12.3. The van der Waals surface area contributed by atoms with Crippen LogP contribution in [0.1, 0.15) is 13.8 Å². The zero-order valence-electron chi connectivity index (χ0n) is 7.53. The number of hydrogen-bond acceptors (Lipinski definition) is 3. The highest BCUT2D eigenvalue weighted by molar-refractivity contribution is 7.65. The van der Waals surface area contributed by atoms with Crippen molar-refractivity contribution < 1.29 is 14.0 Å². The lowest BCUT2D eigenvalue weighted by molar-refractivity contribution is 0.419. The first-order valence-electron chi connectivity index (χ1n) is 4.44. The molecule has 2 fully saturated rings. The molecule has 2 atom stereocenters. The van der Waals surface area contributed by atoms with Crippen LogP contribution in [0.5, 0.6) is 0 Å². The van der Waals surface area contributed by atoms with Gasteiger partial charge in [-0.3, -0.25) is 0 Å². The van der Waals surface area contributed by atoms with Crippen LogP contribution in [0.3, 0.4) is 0 Å². The minimum atomic E-state index is -2.14. The number of ether oxygens (including phenoxy) is 2. The van der Waals surface area contributed by atoms with Crippen molar-refractivity contribution in [2.75, 3.05) is 19.4 Å². The van der Waals surface area contributed by atoms with E-state index < -0.39 is 7.14 Å². The summed E-state index contributed by atoms with van der Waals surface area (Å²) in [6, 6.07) is 0. The van der Waals surface area contributed by atoms with Crippen molar-refractivity contribution >= 4 is 7.14 Å². The van der Waals surface area contributed by atoms with Crippen LogP contribution in [0.4, 0.5) is 0 Å². The van der Waals surface area contributed by atoms with Crippen molar-refractivity contribution in [1.29, 1.82) is 0 Å². The maximum absolute atomic E-state index is 12.3. The van der Waals surface area contributed by atoms with Crippen molar-refractivity contribution in [2.45, 2.75) is 25.5 Å². The molecule has 0 aliphatic carbocycles. The summed E-state index contributed by atoms with van der Waals surface area (Å²) in [5.41, 5.74) is 0. The Bertz CT molecular complexity index is 202. The Kier molecular flexibility index (Phi) is 2.06. The maximum Gasteiger partial charge on any atom is 0.147 e. The molecular weight excluding hydrogens is 175 g/mol. The van der Waals surface area contributed by atoms with Gasteiger partial charge in [-0.1, -0.05) is 13.8 Å². The average Bonchev–Trinajstić information content (AvgIpc) is 2.82. The predicted molar refractivity (Wildman–Crippen MR) is 46.8 cm³/mol. The topological polar surface area (TPSA) is 42.1 Å². The molecule has 0 amide bonds. The van der Waals surface area contributed by atoms with Gasteiger partial charge in [-0.05, 0) is 5.92 Å². The van der Waals surface area contributed by atoms with E-state index in [1.165, 1.54) is 0 Å². The molecule has 0 aromatic rings. The van der Waals surface area contributed by atoms with E-state index in [1.54, 1.807) is 0 Å². The fourth-order valence-corrected chi connectivity index (χ4v) is 4.75. The standard InChI is InChI=1S/C8H15O3P/c1-6(2)5-12(9,7-3-10-7)8-4-11-8/h6-8H,3-5H2,1-2H3. The van der Waals surface area contributed by atoms with E-state index >= 15 is 0 Å². The average molecular weight is 190 g/mol. The largest absolute Gasteiger partial charge is 0.365 e. The number of hydrogen-bond donors (Lipinski definition) is 0. The van der Waals surface area contributed by atoms with Crippen molar-refractivity contribution in [2.24, 2.45) is 5.92 Å². The van der Waals surface area contributed by atoms with Gasteiger partial charge in [0, 0.05) is 6.16 Å². The molecule has 0 aromatic carbocycles.